The van der Waals surface area contributed by atoms with Gasteiger partial charge in [0, 0.05) is 6.20 Å². The molecule has 6 heteroatoms. The van der Waals surface area contributed by atoms with Crippen LogP contribution in [0.2, 0.25) is 0 Å². The van der Waals surface area contributed by atoms with Crippen molar-refractivity contribution in [2.75, 3.05) is 5.73 Å². The van der Waals surface area contributed by atoms with Gasteiger partial charge in [-0.15, -0.1) is 0 Å². The lowest BCUT2D eigenvalue weighted by molar-refractivity contribution is 0.0697. The van der Waals surface area contributed by atoms with Crippen LogP contribution in [0.25, 0.3) is 0 Å². The summed E-state index contributed by atoms with van der Waals surface area (Å²) in [5.74, 6) is 0.130. The Balaban J connectivity index is 2.78. The van der Waals surface area contributed by atoms with E-state index in [2.05, 4.69) is 23.8 Å². The van der Waals surface area contributed by atoms with E-state index in [0.717, 1.165) is 0 Å². The summed E-state index contributed by atoms with van der Waals surface area (Å²) in [6, 6.07) is 0. The number of nitrogens with zero attached hydrogens (tertiary/aromatic N) is 2. The van der Waals surface area contributed by atoms with Crippen molar-refractivity contribution in [3.63, 3.8) is 0 Å². The lowest BCUT2D eigenvalue weighted by Gasteiger charge is -2.05. The van der Waals surface area contributed by atoms with Crippen LogP contribution in [0.5, 0.6) is 0 Å². The predicted molar refractivity (Wildman–Crippen MR) is 59.8 cm³/mol. The third kappa shape index (κ3) is 3.39. The molecular weight excluding hydrogens is 214 g/mol. The first-order valence-electron chi connectivity index (χ1n) is 4.47. The smallest absolute Gasteiger partial charge is 0.341 e. The van der Waals surface area contributed by atoms with Crippen LogP contribution in [0.4, 0.5) is 5.82 Å². The minimum absolute atomic E-state index is 0.0249. The second kappa shape index (κ2) is 4.97. The predicted octanol–water partition coefficient (Wildman–Crippen LogP) is 1.40. The highest BCUT2D eigenvalue weighted by molar-refractivity contribution is 7.99. The largest absolute Gasteiger partial charge is 0.477 e. The molecule has 0 atom stereocenters. The van der Waals surface area contributed by atoms with Crippen LogP contribution in [0.1, 0.15) is 30.0 Å². The first kappa shape index (κ1) is 11.8. The summed E-state index contributed by atoms with van der Waals surface area (Å²) >= 11 is 1.68. The van der Waals surface area contributed by atoms with Gasteiger partial charge in [-0.3, -0.25) is 0 Å². The summed E-state index contributed by atoms with van der Waals surface area (Å²) in [6.45, 7) is 4.14. The number of rotatable bonds is 4. The molecule has 0 spiro atoms. The van der Waals surface area contributed by atoms with Crippen molar-refractivity contribution < 1.29 is 9.90 Å². The number of aromatic nitrogens is 2. The number of hydrogen-bond donors (Lipinski definition) is 2. The average molecular weight is 227 g/mol. The topological polar surface area (TPSA) is 89.1 Å². The zero-order valence-electron chi connectivity index (χ0n) is 8.60. The van der Waals surface area contributed by atoms with Crippen LogP contribution in [-0.2, 0) is 5.75 Å². The van der Waals surface area contributed by atoms with Crippen molar-refractivity contribution in [2.45, 2.75) is 24.9 Å². The summed E-state index contributed by atoms with van der Waals surface area (Å²) in [7, 11) is 0. The third-order valence-electron chi connectivity index (χ3n) is 1.64. The van der Waals surface area contributed by atoms with Gasteiger partial charge in [0.1, 0.15) is 17.2 Å². The van der Waals surface area contributed by atoms with Crippen LogP contribution in [0.15, 0.2) is 6.20 Å². The monoisotopic (exact) mass is 227 g/mol. The molecule has 1 aromatic heterocycles. The van der Waals surface area contributed by atoms with Crippen molar-refractivity contribution in [1.82, 2.24) is 9.97 Å². The number of thioether (sulfide) groups is 1. The molecule has 1 heterocycles. The summed E-state index contributed by atoms with van der Waals surface area (Å²) in [5, 5.41) is 9.19. The Kier molecular flexibility index (Phi) is 3.90. The number of carboxylic acids is 1. The van der Waals surface area contributed by atoms with Gasteiger partial charge >= 0.3 is 5.97 Å². The molecule has 0 radical (unpaired) electrons. The van der Waals surface area contributed by atoms with E-state index in [9.17, 15) is 4.79 Å². The highest BCUT2D eigenvalue weighted by Crippen LogP contribution is 2.16. The molecule has 0 fully saturated rings. The van der Waals surface area contributed by atoms with E-state index in [0.29, 0.717) is 16.8 Å². The van der Waals surface area contributed by atoms with Gasteiger partial charge in [0.25, 0.3) is 0 Å². The lowest BCUT2D eigenvalue weighted by atomic mass is 10.3. The Morgan fingerprint density at radius 1 is 1.67 bits per heavy atom. The van der Waals surface area contributed by atoms with Crippen LogP contribution in [0, 0.1) is 0 Å². The molecule has 15 heavy (non-hydrogen) atoms. The molecular formula is C9H13N3O2S. The number of nitrogen functional groups attached to an aromatic ring is 1. The fourth-order valence-electron chi connectivity index (χ4n) is 0.909. The summed E-state index contributed by atoms with van der Waals surface area (Å²) in [4.78, 5) is 18.5. The Morgan fingerprint density at radius 3 is 2.80 bits per heavy atom. The number of nitrogens with two attached hydrogens (primary N) is 1. The Morgan fingerprint density at radius 2 is 2.33 bits per heavy atom. The SMILES string of the molecule is CC(C)SCc1ncc(C(=O)O)c(N)n1. The molecule has 0 aliphatic carbocycles. The quantitative estimate of drug-likeness (QED) is 0.808. The molecule has 0 aromatic carbocycles. The maximum Gasteiger partial charge on any atom is 0.341 e. The minimum Gasteiger partial charge on any atom is -0.477 e. The minimum atomic E-state index is -1.10. The Bertz CT molecular complexity index is 368. The van der Waals surface area contributed by atoms with E-state index in [4.69, 9.17) is 10.8 Å². The fourth-order valence-corrected chi connectivity index (χ4v) is 1.53. The number of carboxylic acid groups (broad SMARTS) is 1. The second-order valence-corrected chi connectivity index (χ2v) is 4.81. The normalized spacial score (nSPS) is 10.6. The number of carbonyl (C=O) groups is 1. The van der Waals surface area contributed by atoms with E-state index < -0.39 is 5.97 Å². The molecule has 1 rings (SSSR count). The molecule has 5 nitrogen and oxygen atoms in total. The van der Waals surface area contributed by atoms with Crippen LogP contribution in [-0.4, -0.2) is 26.3 Å². The van der Waals surface area contributed by atoms with E-state index in [-0.39, 0.29) is 11.4 Å². The highest BCUT2D eigenvalue weighted by atomic mass is 32.2. The molecule has 0 aliphatic heterocycles. The van der Waals surface area contributed by atoms with Crippen molar-refractivity contribution in [2.24, 2.45) is 0 Å². The van der Waals surface area contributed by atoms with Gasteiger partial charge in [0.15, 0.2) is 0 Å². The summed E-state index contributed by atoms with van der Waals surface area (Å²) < 4.78 is 0. The van der Waals surface area contributed by atoms with Crippen molar-refractivity contribution in [1.29, 1.82) is 0 Å². The standard InChI is InChI=1S/C9H13N3O2S/c1-5(2)15-4-7-11-3-6(9(13)14)8(10)12-7/h3,5H,4H2,1-2H3,(H,13,14)(H2,10,11,12). The first-order chi connectivity index (χ1) is 7.00. The van der Waals surface area contributed by atoms with E-state index in [1.54, 1.807) is 11.8 Å². The second-order valence-electron chi connectivity index (χ2n) is 3.25. The molecule has 0 bridgehead atoms. The molecule has 1 aromatic rings. The van der Waals surface area contributed by atoms with Crippen molar-refractivity contribution in [3.05, 3.63) is 17.6 Å². The molecule has 0 amide bonds. The van der Waals surface area contributed by atoms with E-state index in [1.807, 2.05) is 0 Å². The maximum absolute atomic E-state index is 10.6. The van der Waals surface area contributed by atoms with Gasteiger partial charge < -0.3 is 10.8 Å². The highest BCUT2D eigenvalue weighted by Gasteiger charge is 2.10. The van der Waals surface area contributed by atoms with Crippen molar-refractivity contribution >= 4 is 23.5 Å². The van der Waals surface area contributed by atoms with Crippen molar-refractivity contribution in [3.8, 4) is 0 Å². The molecule has 0 saturated heterocycles. The molecule has 0 unspecified atom stereocenters. The van der Waals surface area contributed by atoms with Gasteiger partial charge in [-0.05, 0) is 5.25 Å². The van der Waals surface area contributed by atoms with E-state index >= 15 is 0 Å². The zero-order valence-corrected chi connectivity index (χ0v) is 9.41. The van der Waals surface area contributed by atoms with Gasteiger partial charge in [-0.2, -0.15) is 11.8 Å². The number of aromatic carboxylic acids is 1. The summed E-state index contributed by atoms with van der Waals surface area (Å²) in [5.41, 5.74) is 5.44. The number of anilines is 1. The zero-order chi connectivity index (χ0) is 11.4. The molecule has 0 aliphatic rings. The van der Waals surface area contributed by atoms with Gasteiger partial charge in [0.2, 0.25) is 0 Å². The Labute approximate surface area is 92.1 Å². The molecule has 82 valence electrons. The van der Waals surface area contributed by atoms with Crippen LogP contribution < -0.4 is 5.73 Å². The first-order valence-corrected chi connectivity index (χ1v) is 5.52. The average Bonchev–Trinajstić information content (AvgIpc) is 2.14. The summed E-state index contributed by atoms with van der Waals surface area (Å²) in [6.07, 6.45) is 1.25. The Hall–Kier alpha value is -1.30. The molecule has 3 N–H and O–H groups in total. The van der Waals surface area contributed by atoms with Crippen LogP contribution in [0.3, 0.4) is 0 Å². The molecule has 0 saturated carbocycles. The van der Waals surface area contributed by atoms with Gasteiger partial charge in [-0.1, -0.05) is 13.8 Å². The van der Waals surface area contributed by atoms with Gasteiger partial charge in [0.05, 0.1) is 5.75 Å². The fraction of sp³-hybridized carbons (Fsp3) is 0.444. The maximum atomic E-state index is 10.6. The van der Waals surface area contributed by atoms with Gasteiger partial charge in [-0.25, -0.2) is 14.8 Å². The third-order valence-corrected chi connectivity index (χ3v) is 2.74. The number of hydrogen-bond acceptors (Lipinski definition) is 5. The van der Waals surface area contributed by atoms with Crippen LogP contribution >= 0.6 is 11.8 Å². The van der Waals surface area contributed by atoms with E-state index in [1.165, 1.54) is 6.20 Å². The lowest BCUT2D eigenvalue weighted by Crippen LogP contribution is -2.08.